The number of nitrogens with one attached hydrogen (secondary N) is 2. The minimum atomic E-state index is -0.844. The highest BCUT2D eigenvalue weighted by Gasteiger charge is 2.60. The minimum Gasteiger partial charge on any atom is -0.356 e. The molecule has 4 rings (SSSR count). The largest absolute Gasteiger partial charge is 0.356 e. The molecule has 2 aliphatic heterocycles. The van der Waals surface area contributed by atoms with Crippen LogP contribution < -0.4 is 10.6 Å². The molecule has 0 unspecified atom stereocenters. The number of imidazole rings is 1. The molecule has 0 saturated carbocycles. The number of rotatable bonds is 5. The van der Waals surface area contributed by atoms with Crippen molar-refractivity contribution < 1.29 is 14.4 Å². The van der Waals surface area contributed by atoms with Gasteiger partial charge in [0.2, 0.25) is 17.7 Å². The normalized spacial score (nSPS) is 22.6. The number of benzene rings is 1. The lowest BCUT2D eigenvalue weighted by molar-refractivity contribution is -0.134. The molecular formula is C21H25N5O3. The van der Waals surface area contributed by atoms with E-state index in [0.717, 1.165) is 11.3 Å². The van der Waals surface area contributed by atoms with Crippen LogP contribution in [0.5, 0.6) is 0 Å². The highest BCUT2D eigenvalue weighted by atomic mass is 16.2. The number of hydrogen-bond acceptors (Lipinski definition) is 4. The fourth-order valence-electron chi connectivity index (χ4n) is 4.60. The van der Waals surface area contributed by atoms with E-state index >= 15 is 0 Å². The van der Waals surface area contributed by atoms with Crippen LogP contribution in [0, 0.1) is 0 Å². The van der Waals surface area contributed by atoms with Crippen molar-refractivity contribution in [3.63, 3.8) is 0 Å². The van der Waals surface area contributed by atoms with Gasteiger partial charge >= 0.3 is 0 Å². The van der Waals surface area contributed by atoms with E-state index in [1.54, 1.807) is 11.1 Å². The first-order chi connectivity index (χ1) is 13.9. The molecule has 1 aromatic carbocycles. The van der Waals surface area contributed by atoms with Gasteiger partial charge in [-0.05, 0) is 24.5 Å². The van der Waals surface area contributed by atoms with Crippen LogP contribution in [0.1, 0.15) is 43.6 Å². The number of aryl methyl sites for hydroxylation is 1. The van der Waals surface area contributed by atoms with Gasteiger partial charge in [0.15, 0.2) is 0 Å². The Hall–Kier alpha value is -3.16. The van der Waals surface area contributed by atoms with Crippen LogP contribution >= 0.6 is 0 Å². The lowest BCUT2D eigenvalue weighted by Crippen LogP contribution is -2.43. The maximum atomic E-state index is 13.2. The molecule has 2 atom stereocenters. The standard InChI is InChI=1S/C21H25N5O3/c1-14(27)22-10-5-8-17(28)26-12-9-21(18(26)19-23-11-13-25(19)2)15-6-3-4-7-16(15)24-20(21)29/h3-4,6-7,11,13,18H,5,8-10,12H2,1-2H3,(H,22,27)(H,24,29)/t18-,21+/m0/s1. The molecule has 2 aliphatic rings. The summed E-state index contributed by atoms with van der Waals surface area (Å²) in [6.07, 6.45) is 4.93. The number of anilines is 1. The van der Waals surface area contributed by atoms with Gasteiger partial charge in [-0.15, -0.1) is 0 Å². The predicted molar refractivity (Wildman–Crippen MR) is 107 cm³/mol. The Kier molecular flexibility index (Phi) is 4.86. The van der Waals surface area contributed by atoms with Gasteiger partial charge in [0.25, 0.3) is 0 Å². The Bertz CT molecular complexity index is 969. The van der Waals surface area contributed by atoms with Gasteiger partial charge in [0, 0.05) is 51.6 Å². The lowest BCUT2D eigenvalue weighted by Gasteiger charge is -2.33. The molecule has 2 aromatic rings. The Morgan fingerprint density at radius 2 is 2.14 bits per heavy atom. The molecule has 0 aliphatic carbocycles. The summed E-state index contributed by atoms with van der Waals surface area (Å²) in [6, 6.07) is 7.21. The zero-order valence-corrected chi connectivity index (χ0v) is 16.6. The number of fused-ring (bicyclic) bond motifs is 2. The second kappa shape index (κ2) is 7.35. The first-order valence-corrected chi connectivity index (χ1v) is 9.87. The average molecular weight is 395 g/mol. The van der Waals surface area contributed by atoms with E-state index in [1.807, 2.05) is 42.1 Å². The fraction of sp³-hybridized carbons (Fsp3) is 0.429. The van der Waals surface area contributed by atoms with Gasteiger partial charge in [-0.1, -0.05) is 18.2 Å². The van der Waals surface area contributed by atoms with Crippen molar-refractivity contribution in [3.8, 4) is 0 Å². The SMILES string of the molecule is CC(=O)NCCCC(=O)N1CC[C@]2(C(=O)Nc3ccccc32)[C@@H]1c1nccn1C. The molecule has 3 heterocycles. The topological polar surface area (TPSA) is 96.3 Å². The summed E-state index contributed by atoms with van der Waals surface area (Å²) >= 11 is 0. The van der Waals surface area contributed by atoms with Crippen molar-refractivity contribution in [2.45, 2.75) is 37.6 Å². The third kappa shape index (κ3) is 3.08. The quantitative estimate of drug-likeness (QED) is 0.750. The summed E-state index contributed by atoms with van der Waals surface area (Å²) in [5.41, 5.74) is 0.881. The fourth-order valence-corrected chi connectivity index (χ4v) is 4.60. The number of amides is 3. The molecule has 0 bridgehead atoms. The first-order valence-electron chi connectivity index (χ1n) is 9.87. The van der Waals surface area contributed by atoms with Crippen LogP contribution in [0.2, 0.25) is 0 Å². The lowest BCUT2D eigenvalue weighted by atomic mass is 9.74. The number of carbonyl (C=O) groups excluding carboxylic acids is 3. The molecule has 1 fully saturated rings. The van der Waals surface area contributed by atoms with Crippen LogP contribution in [0.25, 0.3) is 0 Å². The summed E-state index contributed by atoms with van der Waals surface area (Å²) in [4.78, 5) is 43.7. The van der Waals surface area contributed by atoms with Crippen molar-refractivity contribution in [2.75, 3.05) is 18.4 Å². The Balaban J connectivity index is 1.68. The van der Waals surface area contributed by atoms with Gasteiger partial charge in [-0.3, -0.25) is 14.4 Å². The van der Waals surface area contributed by atoms with E-state index in [9.17, 15) is 14.4 Å². The molecule has 2 N–H and O–H groups in total. The van der Waals surface area contributed by atoms with E-state index in [2.05, 4.69) is 15.6 Å². The van der Waals surface area contributed by atoms with Gasteiger partial charge < -0.3 is 20.1 Å². The van der Waals surface area contributed by atoms with Crippen LogP contribution in [0.15, 0.2) is 36.7 Å². The molecule has 1 spiro atoms. The summed E-state index contributed by atoms with van der Waals surface area (Å²) in [6.45, 7) is 2.40. The maximum absolute atomic E-state index is 13.2. The number of para-hydroxylation sites is 1. The monoisotopic (exact) mass is 395 g/mol. The smallest absolute Gasteiger partial charge is 0.237 e. The van der Waals surface area contributed by atoms with Crippen molar-refractivity contribution in [3.05, 3.63) is 48.0 Å². The predicted octanol–water partition coefficient (Wildman–Crippen LogP) is 1.50. The number of carbonyl (C=O) groups is 3. The van der Waals surface area contributed by atoms with Crippen molar-refractivity contribution in [1.29, 1.82) is 0 Å². The molecule has 152 valence electrons. The minimum absolute atomic E-state index is 0.0302. The molecular weight excluding hydrogens is 370 g/mol. The van der Waals surface area contributed by atoms with Crippen molar-refractivity contribution in [1.82, 2.24) is 19.8 Å². The zero-order chi connectivity index (χ0) is 20.6. The van der Waals surface area contributed by atoms with Crippen molar-refractivity contribution >= 4 is 23.4 Å². The Morgan fingerprint density at radius 3 is 2.86 bits per heavy atom. The van der Waals surface area contributed by atoms with Crippen LogP contribution in [-0.4, -0.2) is 45.3 Å². The van der Waals surface area contributed by atoms with E-state index in [-0.39, 0.29) is 17.7 Å². The molecule has 1 aromatic heterocycles. The van der Waals surface area contributed by atoms with Gasteiger partial charge in [-0.25, -0.2) is 4.98 Å². The molecule has 3 amide bonds. The molecule has 29 heavy (non-hydrogen) atoms. The molecule has 0 radical (unpaired) electrons. The summed E-state index contributed by atoms with van der Waals surface area (Å²) < 4.78 is 1.88. The van der Waals surface area contributed by atoms with Crippen LogP contribution in [-0.2, 0) is 26.8 Å². The molecule has 1 saturated heterocycles. The second-order valence-corrected chi connectivity index (χ2v) is 7.69. The summed E-state index contributed by atoms with van der Waals surface area (Å²) in [5.74, 6) is 0.477. The first kappa shape index (κ1) is 19.2. The van der Waals surface area contributed by atoms with Gasteiger partial charge in [0.1, 0.15) is 17.3 Å². The summed E-state index contributed by atoms with van der Waals surface area (Å²) in [5, 5.41) is 5.72. The second-order valence-electron chi connectivity index (χ2n) is 7.69. The van der Waals surface area contributed by atoms with E-state index in [4.69, 9.17) is 0 Å². The maximum Gasteiger partial charge on any atom is 0.237 e. The van der Waals surface area contributed by atoms with Gasteiger partial charge in [-0.2, -0.15) is 0 Å². The zero-order valence-electron chi connectivity index (χ0n) is 16.6. The summed E-state index contributed by atoms with van der Waals surface area (Å²) in [7, 11) is 1.88. The average Bonchev–Trinajstić information content (AvgIpc) is 3.36. The number of hydrogen-bond donors (Lipinski definition) is 2. The Labute approximate surface area is 169 Å². The van der Waals surface area contributed by atoms with Crippen LogP contribution in [0.3, 0.4) is 0 Å². The van der Waals surface area contributed by atoms with Crippen LogP contribution in [0.4, 0.5) is 5.69 Å². The molecule has 8 nitrogen and oxygen atoms in total. The Morgan fingerprint density at radius 1 is 1.34 bits per heavy atom. The van der Waals surface area contributed by atoms with E-state index in [1.165, 1.54) is 6.92 Å². The highest BCUT2D eigenvalue weighted by Crippen LogP contribution is 2.54. The number of likely N-dealkylation sites (tertiary alicyclic amines) is 1. The molecule has 8 heteroatoms. The highest BCUT2D eigenvalue weighted by molar-refractivity contribution is 6.07. The number of aromatic nitrogens is 2. The van der Waals surface area contributed by atoms with E-state index < -0.39 is 11.5 Å². The number of nitrogens with zero attached hydrogens (tertiary/aromatic N) is 3. The third-order valence-corrected chi connectivity index (χ3v) is 5.95. The van der Waals surface area contributed by atoms with E-state index in [0.29, 0.717) is 38.2 Å². The van der Waals surface area contributed by atoms with Gasteiger partial charge in [0.05, 0.1) is 0 Å². The third-order valence-electron chi connectivity index (χ3n) is 5.95. The van der Waals surface area contributed by atoms with Crippen molar-refractivity contribution in [2.24, 2.45) is 7.05 Å².